The third-order valence-corrected chi connectivity index (χ3v) is 6.69. The molecule has 198 valence electrons. The van der Waals surface area contributed by atoms with Crippen molar-refractivity contribution in [2.75, 3.05) is 26.2 Å². The van der Waals surface area contributed by atoms with E-state index in [0.29, 0.717) is 13.1 Å². The van der Waals surface area contributed by atoms with E-state index in [2.05, 4.69) is 17.0 Å². The lowest BCUT2D eigenvalue weighted by atomic mass is 10.1. The van der Waals surface area contributed by atoms with Crippen molar-refractivity contribution < 1.29 is 27.4 Å². The summed E-state index contributed by atoms with van der Waals surface area (Å²) in [7, 11) is 0. The minimum atomic E-state index is -4.99. The number of fused-ring (bicyclic) bond motifs is 1. The van der Waals surface area contributed by atoms with Crippen LogP contribution < -0.4 is 10.2 Å². The number of hydrogen-bond acceptors (Lipinski definition) is 6. The molecule has 1 saturated heterocycles. The third kappa shape index (κ3) is 5.54. The summed E-state index contributed by atoms with van der Waals surface area (Å²) in [4.78, 5) is 17.6. The van der Waals surface area contributed by atoms with Crippen LogP contribution in [0.2, 0.25) is 0 Å². The molecule has 1 N–H and O–H groups in total. The van der Waals surface area contributed by atoms with Crippen LogP contribution in [0.25, 0.3) is 11.0 Å². The Balaban J connectivity index is 1.44. The van der Waals surface area contributed by atoms with Gasteiger partial charge < -0.3 is 14.3 Å². The number of phenolic OH excluding ortho intramolecular Hbond substituents is 1. The van der Waals surface area contributed by atoms with Crippen LogP contribution in [-0.4, -0.2) is 41.1 Å². The Bertz CT molecular complexity index is 1480. The summed E-state index contributed by atoms with van der Waals surface area (Å²) in [5.74, 6) is -2.61. The highest BCUT2D eigenvalue weighted by atomic mass is 19.4. The van der Waals surface area contributed by atoms with E-state index >= 15 is 0 Å². The molecular formula is C29H27F3N2O4. The molecule has 0 amide bonds. The first kappa shape index (κ1) is 25.8. The van der Waals surface area contributed by atoms with Crippen molar-refractivity contribution in [2.45, 2.75) is 26.2 Å². The largest absolute Gasteiger partial charge is 0.507 e. The zero-order valence-electron chi connectivity index (χ0n) is 20.8. The fourth-order valence-electron chi connectivity index (χ4n) is 4.61. The number of ether oxygens (including phenoxy) is 1. The molecule has 6 nitrogen and oxygen atoms in total. The van der Waals surface area contributed by atoms with Gasteiger partial charge in [-0.15, -0.1) is 0 Å². The fraction of sp³-hybridized carbons (Fsp3) is 0.276. The predicted octanol–water partition coefficient (Wildman–Crippen LogP) is 5.94. The zero-order valence-corrected chi connectivity index (χ0v) is 20.8. The topological polar surface area (TPSA) is 66.2 Å². The van der Waals surface area contributed by atoms with Gasteiger partial charge in [0.2, 0.25) is 11.2 Å². The van der Waals surface area contributed by atoms with Crippen LogP contribution in [0.4, 0.5) is 13.2 Å². The molecule has 38 heavy (non-hydrogen) atoms. The van der Waals surface area contributed by atoms with E-state index in [4.69, 9.17) is 9.15 Å². The Labute approximate surface area is 217 Å². The van der Waals surface area contributed by atoms with Crippen LogP contribution in [0.1, 0.15) is 22.5 Å². The van der Waals surface area contributed by atoms with E-state index in [1.165, 1.54) is 29.8 Å². The SMILES string of the molecule is Cc1ccc(Oc2c(C(F)(F)F)oc3c(CN4CCN(Cc5ccccc5)CC4)c(O)ccc3c2=O)cc1. The highest BCUT2D eigenvalue weighted by Gasteiger charge is 2.41. The second-order valence-electron chi connectivity index (χ2n) is 9.48. The van der Waals surface area contributed by atoms with Crippen molar-refractivity contribution in [2.24, 2.45) is 0 Å². The number of aromatic hydroxyl groups is 1. The maximum atomic E-state index is 14.0. The van der Waals surface area contributed by atoms with E-state index in [0.717, 1.165) is 25.2 Å². The van der Waals surface area contributed by atoms with Crippen LogP contribution >= 0.6 is 0 Å². The third-order valence-electron chi connectivity index (χ3n) is 6.69. The number of benzene rings is 3. The number of aryl methyl sites for hydroxylation is 1. The van der Waals surface area contributed by atoms with Crippen LogP contribution in [-0.2, 0) is 19.3 Å². The Hall–Kier alpha value is -3.82. The summed E-state index contributed by atoms with van der Waals surface area (Å²) in [5.41, 5.74) is 1.000. The molecule has 0 atom stereocenters. The first-order chi connectivity index (χ1) is 18.2. The molecule has 0 spiro atoms. The van der Waals surface area contributed by atoms with E-state index < -0.39 is 23.1 Å². The van der Waals surface area contributed by atoms with Crippen LogP contribution in [0.5, 0.6) is 17.2 Å². The number of halogens is 3. The number of phenols is 1. The average molecular weight is 525 g/mol. The van der Waals surface area contributed by atoms with Crippen molar-refractivity contribution in [3.8, 4) is 17.2 Å². The Morgan fingerprint density at radius 2 is 1.53 bits per heavy atom. The molecular weight excluding hydrogens is 497 g/mol. The van der Waals surface area contributed by atoms with Crippen LogP contribution in [0.15, 0.2) is 75.9 Å². The lowest BCUT2D eigenvalue weighted by Crippen LogP contribution is -2.45. The smallest absolute Gasteiger partial charge is 0.453 e. The summed E-state index contributed by atoms with van der Waals surface area (Å²) < 4.78 is 52.9. The van der Waals surface area contributed by atoms with Gasteiger partial charge in [0, 0.05) is 39.3 Å². The van der Waals surface area contributed by atoms with Crippen molar-refractivity contribution in [1.29, 1.82) is 0 Å². The minimum absolute atomic E-state index is 0.0834. The summed E-state index contributed by atoms with van der Waals surface area (Å²) in [6.07, 6.45) is -4.99. The molecule has 0 unspecified atom stereocenters. The van der Waals surface area contributed by atoms with Gasteiger partial charge >= 0.3 is 6.18 Å². The second kappa shape index (κ2) is 10.5. The average Bonchev–Trinajstić information content (AvgIpc) is 2.89. The maximum Gasteiger partial charge on any atom is 0.453 e. The predicted molar refractivity (Wildman–Crippen MR) is 137 cm³/mol. The molecule has 0 aliphatic carbocycles. The maximum absolute atomic E-state index is 14.0. The van der Waals surface area contributed by atoms with Gasteiger partial charge in [0.05, 0.1) is 10.9 Å². The number of piperazine rings is 1. The summed E-state index contributed by atoms with van der Waals surface area (Å²) in [5, 5.41) is 10.5. The summed E-state index contributed by atoms with van der Waals surface area (Å²) in [6, 6.07) is 19.0. The molecule has 1 fully saturated rings. The van der Waals surface area contributed by atoms with Crippen molar-refractivity contribution >= 4 is 11.0 Å². The number of rotatable bonds is 6. The lowest BCUT2D eigenvalue weighted by molar-refractivity contribution is -0.154. The van der Waals surface area contributed by atoms with Gasteiger partial charge in [-0.3, -0.25) is 14.6 Å². The van der Waals surface area contributed by atoms with Gasteiger partial charge in [-0.05, 0) is 36.8 Å². The molecule has 0 radical (unpaired) electrons. The molecule has 5 rings (SSSR count). The Morgan fingerprint density at radius 3 is 2.16 bits per heavy atom. The molecule has 0 bridgehead atoms. The first-order valence-electron chi connectivity index (χ1n) is 12.3. The quantitative estimate of drug-likeness (QED) is 0.337. The highest BCUT2D eigenvalue weighted by molar-refractivity contribution is 5.83. The molecule has 1 aromatic heterocycles. The molecule has 3 aromatic carbocycles. The summed E-state index contributed by atoms with van der Waals surface area (Å²) >= 11 is 0. The van der Waals surface area contributed by atoms with Crippen molar-refractivity contribution in [1.82, 2.24) is 9.80 Å². The number of nitrogens with zero attached hydrogens (tertiary/aromatic N) is 2. The molecule has 4 aromatic rings. The van der Waals surface area contributed by atoms with Gasteiger partial charge in [-0.25, -0.2) is 0 Å². The normalized spacial score (nSPS) is 15.2. The molecule has 0 saturated carbocycles. The van der Waals surface area contributed by atoms with E-state index in [9.17, 15) is 23.1 Å². The Morgan fingerprint density at radius 1 is 0.895 bits per heavy atom. The van der Waals surface area contributed by atoms with E-state index in [1.54, 1.807) is 12.1 Å². The van der Waals surface area contributed by atoms with Crippen molar-refractivity contribution in [3.05, 3.63) is 99.4 Å². The van der Waals surface area contributed by atoms with E-state index in [1.807, 2.05) is 30.0 Å². The molecule has 1 aliphatic rings. The lowest BCUT2D eigenvalue weighted by Gasteiger charge is -2.34. The van der Waals surface area contributed by atoms with Gasteiger partial charge in [0.15, 0.2) is 0 Å². The molecule has 1 aliphatic heterocycles. The number of hydrogen-bond donors (Lipinski definition) is 1. The monoisotopic (exact) mass is 524 g/mol. The second-order valence-corrected chi connectivity index (χ2v) is 9.48. The van der Waals surface area contributed by atoms with Crippen LogP contribution in [0, 0.1) is 6.92 Å². The van der Waals surface area contributed by atoms with Gasteiger partial charge in [-0.2, -0.15) is 13.2 Å². The zero-order chi connectivity index (χ0) is 26.9. The number of alkyl halides is 3. The van der Waals surface area contributed by atoms with Gasteiger partial charge in [0.1, 0.15) is 17.1 Å². The minimum Gasteiger partial charge on any atom is -0.507 e. The first-order valence-corrected chi connectivity index (χ1v) is 12.3. The molecule has 9 heteroatoms. The Kier molecular flexibility index (Phi) is 7.14. The summed E-state index contributed by atoms with van der Waals surface area (Å²) in [6.45, 7) is 5.58. The fourth-order valence-corrected chi connectivity index (χ4v) is 4.61. The highest BCUT2D eigenvalue weighted by Crippen LogP contribution is 2.40. The molecule has 2 heterocycles. The van der Waals surface area contributed by atoms with E-state index in [-0.39, 0.29) is 34.6 Å². The van der Waals surface area contributed by atoms with Crippen LogP contribution in [0.3, 0.4) is 0 Å². The standard InChI is InChI=1S/C29H27F3N2O4/c1-19-7-9-21(10-8-19)37-27-25(36)22-11-12-24(35)23(26(22)38-28(27)29(30,31)32)18-34-15-13-33(14-16-34)17-20-5-3-2-4-6-20/h2-12,35H,13-18H2,1H3. The van der Waals surface area contributed by atoms with Gasteiger partial charge in [0.25, 0.3) is 5.76 Å². The van der Waals surface area contributed by atoms with Gasteiger partial charge in [-0.1, -0.05) is 48.0 Å². The van der Waals surface area contributed by atoms with Crippen molar-refractivity contribution in [3.63, 3.8) is 0 Å².